The molecule has 0 N–H and O–H groups in total. The van der Waals surface area contributed by atoms with Crippen molar-refractivity contribution in [3.63, 3.8) is 0 Å². The van der Waals surface area contributed by atoms with Crippen molar-refractivity contribution in [3.8, 4) is 0 Å². The summed E-state index contributed by atoms with van der Waals surface area (Å²) in [5, 5.41) is 0. The molecular weight excluding hydrogens is 143 g/mol. The van der Waals surface area contributed by atoms with Gasteiger partial charge in [-0.1, -0.05) is 0 Å². The maximum atomic E-state index is 3.11. The van der Waals surface area contributed by atoms with Crippen LogP contribution in [0.25, 0.3) is 0 Å². The Bertz CT molecular complexity index is 29.0. The summed E-state index contributed by atoms with van der Waals surface area (Å²) >= 11 is 2.28. The van der Waals surface area contributed by atoms with Crippen molar-refractivity contribution >= 4 is 40.4 Å². The van der Waals surface area contributed by atoms with E-state index in [9.17, 15) is 0 Å². The monoisotopic (exact) mass is 143 g/mol. The van der Waals surface area contributed by atoms with Crippen LogP contribution in [0, 0.1) is 0 Å². The van der Waals surface area contributed by atoms with Crippen LogP contribution in [0.15, 0.2) is 0 Å². The van der Waals surface area contributed by atoms with Gasteiger partial charge in [-0.05, 0) is 0 Å². The average molecular weight is 143 g/mol. The van der Waals surface area contributed by atoms with Crippen LogP contribution >= 0.6 is 0 Å². The van der Waals surface area contributed by atoms with Gasteiger partial charge in [-0.15, -0.1) is 0 Å². The zero-order valence-corrected chi connectivity index (χ0v) is 5.82. The van der Waals surface area contributed by atoms with Crippen LogP contribution in [0.3, 0.4) is 0 Å². The van der Waals surface area contributed by atoms with Gasteiger partial charge in [-0.3, -0.25) is 0 Å². The molecular formula is CAsSi2. The van der Waals surface area contributed by atoms with E-state index in [1.807, 2.05) is 0 Å². The summed E-state index contributed by atoms with van der Waals surface area (Å²) in [6, 6.07) is 0. The van der Waals surface area contributed by atoms with Crippen molar-refractivity contribution in [1.29, 1.82) is 0 Å². The van der Waals surface area contributed by atoms with Crippen molar-refractivity contribution in [1.82, 2.24) is 0 Å². The van der Waals surface area contributed by atoms with Crippen molar-refractivity contribution in [2.75, 3.05) is 0 Å². The Kier molecular flexibility index (Phi) is 2.58. The van der Waals surface area contributed by atoms with Gasteiger partial charge in [-0.25, -0.2) is 0 Å². The Balaban J connectivity index is 2.80. The van der Waals surface area contributed by atoms with Gasteiger partial charge >= 0.3 is 40.4 Å². The molecule has 0 aliphatic carbocycles. The molecule has 0 rings (SSSR count). The third-order valence-corrected chi connectivity index (χ3v) is 0. The van der Waals surface area contributed by atoms with E-state index < -0.39 is 0 Å². The molecule has 0 heterocycles. The minimum atomic E-state index is 0.965. The molecule has 4 heavy (non-hydrogen) atoms. The number of hydrogen-bond donors (Lipinski definition) is 0. The van der Waals surface area contributed by atoms with Crippen molar-refractivity contribution < 1.29 is 0 Å². The van der Waals surface area contributed by atoms with E-state index in [4.69, 9.17) is 0 Å². The van der Waals surface area contributed by atoms with Crippen LogP contribution in [0.1, 0.15) is 0 Å². The topological polar surface area (TPSA) is 0 Å². The molecule has 0 saturated heterocycles. The van der Waals surface area contributed by atoms with E-state index in [1.54, 1.807) is 0 Å². The maximum absolute atomic E-state index is 3.11. The van der Waals surface area contributed by atoms with Crippen molar-refractivity contribution in [3.05, 3.63) is 0 Å². The summed E-state index contributed by atoms with van der Waals surface area (Å²) in [5.74, 6) is 0. The molecule has 0 atom stereocenters. The van der Waals surface area contributed by atoms with Gasteiger partial charge in [0.2, 0.25) is 0 Å². The van der Waals surface area contributed by atoms with Crippen LogP contribution in [0.2, 0.25) is 0 Å². The predicted octanol–water partition coefficient (Wildman–Crippen LogP) is -1.42. The van der Waals surface area contributed by atoms with Crippen LogP contribution in [0.4, 0.5) is 0 Å². The van der Waals surface area contributed by atoms with E-state index in [0.29, 0.717) is 0 Å². The average Bonchev–Trinajstić information content (AvgIpc) is 0.811. The fourth-order valence-corrected chi connectivity index (χ4v) is 0. The van der Waals surface area contributed by atoms with Crippen LogP contribution in [0.5, 0.6) is 0 Å². The van der Waals surface area contributed by atoms with E-state index in [-0.39, 0.29) is 0 Å². The molecule has 0 aliphatic heterocycles. The Labute approximate surface area is 40.9 Å². The Morgan fingerprint density at radius 2 is 1.50 bits per heavy atom. The Morgan fingerprint density at radius 3 is 1.50 bits per heavy atom. The second kappa shape index (κ2) is 2.12. The first-order valence-electron chi connectivity index (χ1n) is 0.724. The van der Waals surface area contributed by atoms with E-state index >= 15 is 0 Å². The summed E-state index contributed by atoms with van der Waals surface area (Å²) in [6.07, 6.45) is 0. The van der Waals surface area contributed by atoms with Crippen molar-refractivity contribution in [2.24, 2.45) is 0 Å². The van der Waals surface area contributed by atoms with Gasteiger partial charge in [-0.2, -0.15) is 0 Å². The van der Waals surface area contributed by atoms with Crippen LogP contribution < -0.4 is 0 Å². The van der Waals surface area contributed by atoms with Gasteiger partial charge in [0.15, 0.2) is 0 Å². The summed E-state index contributed by atoms with van der Waals surface area (Å²) in [7, 11) is 6.23. The molecule has 0 aromatic carbocycles. The first kappa shape index (κ1) is 4.86. The van der Waals surface area contributed by atoms with Crippen LogP contribution in [-0.4, -0.2) is 40.4 Å². The minimum absolute atomic E-state index is 0.965. The van der Waals surface area contributed by atoms with Gasteiger partial charge in [0.25, 0.3) is 0 Å². The zero-order chi connectivity index (χ0) is 3.58. The molecule has 0 bridgehead atoms. The fraction of sp³-hybridized carbons (Fsp3) is 0. The molecule has 0 aliphatic rings. The van der Waals surface area contributed by atoms with Crippen molar-refractivity contribution in [2.45, 2.75) is 0 Å². The molecule has 0 amide bonds. The normalized spacial score (nSPS) is 6.50. The first-order chi connectivity index (χ1) is 1.73. The molecule has 0 aromatic heterocycles. The third kappa shape index (κ3) is 13.4. The summed E-state index contributed by atoms with van der Waals surface area (Å²) in [6.45, 7) is 0. The second-order valence-electron chi connectivity index (χ2n) is 0.349. The molecule has 3 heteroatoms. The van der Waals surface area contributed by atoms with E-state index in [0.717, 1.165) is 3.55 Å². The molecule has 0 aromatic rings. The molecule has 7 radical (unpaired) electrons. The third-order valence-electron chi connectivity index (χ3n) is 0. The number of hydrogen-bond acceptors (Lipinski definition) is 0. The molecule has 0 fully saturated rings. The fourth-order valence-electron chi connectivity index (χ4n) is 0. The first-order valence-corrected chi connectivity index (χ1v) is 2.66. The van der Waals surface area contributed by atoms with E-state index in [1.165, 1.54) is 0 Å². The SMILES string of the molecule is [Si]C([Si])=[As]. The van der Waals surface area contributed by atoms with E-state index in [2.05, 4.69) is 36.9 Å². The summed E-state index contributed by atoms with van der Waals surface area (Å²) in [5.41, 5.74) is 0. The van der Waals surface area contributed by atoms with Crippen LogP contribution in [-0.2, 0) is 0 Å². The summed E-state index contributed by atoms with van der Waals surface area (Å²) < 4.78 is 0.965. The van der Waals surface area contributed by atoms with Gasteiger partial charge < -0.3 is 0 Å². The number of rotatable bonds is 0. The zero-order valence-electron chi connectivity index (χ0n) is 1.95. The Morgan fingerprint density at radius 1 is 1.50 bits per heavy atom. The Hall–Kier alpha value is 0.862. The molecule has 0 unspecified atom stereocenters. The predicted molar refractivity (Wildman–Crippen MR) is 22.3 cm³/mol. The quantitative estimate of drug-likeness (QED) is 0.365. The standard InChI is InChI=1S/CAsSi2/c2-1(3)4. The van der Waals surface area contributed by atoms with Gasteiger partial charge in [0, 0.05) is 0 Å². The molecule has 0 spiro atoms. The van der Waals surface area contributed by atoms with Gasteiger partial charge in [0.1, 0.15) is 0 Å². The second-order valence-corrected chi connectivity index (χ2v) is 4.61. The molecule has 0 nitrogen and oxygen atoms in total. The van der Waals surface area contributed by atoms with Gasteiger partial charge in [0.05, 0.1) is 0 Å². The molecule has 17 valence electrons. The summed E-state index contributed by atoms with van der Waals surface area (Å²) in [4.78, 5) is 0. The molecule has 0 saturated carbocycles.